The zero-order chi connectivity index (χ0) is 16.1. The number of β-amino-alcohol motifs (C(OH)–C–C–N with tert-alkyl or cyclic N) is 1. The molecule has 2 N–H and O–H groups in total. The van der Waals surface area contributed by atoms with Gasteiger partial charge >= 0.3 is 6.03 Å². The van der Waals surface area contributed by atoms with Crippen molar-refractivity contribution in [3.63, 3.8) is 0 Å². The molecule has 0 saturated carbocycles. The largest absolute Gasteiger partial charge is 0.391 e. The normalized spacial score (nSPS) is 22.0. The van der Waals surface area contributed by atoms with Crippen LogP contribution in [0.2, 0.25) is 0 Å². The Bertz CT molecular complexity index is 534. The summed E-state index contributed by atoms with van der Waals surface area (Å²) in [5.74, 6) is 0.924. The highest BCUT2D eigenvalue weighted by molar-refractivity contribution is 5.74. The Kier molecular flexibility index (Phi) is 5.30. The third-order valence-corrected chi connectivity index (χ3v) is 4.23. The molecule has 23 heavy (non-hydrogen) atoms. The first kappa shape index (κ1) is 16.0. The second-order valence-corrected chi connectivity index (χ2v) is 5.99. The summed E-state index contributed by atoms with van der Waals surface area (Å²) in [6.45, 7) is 4.63. The van der Waals surface area contributed by atoms with Gasteiger partial charge in [-0.15, -0.1) is 0 Å². The molecule has 0 aliphatic carbocycles. The number of aromatic nitrogens is 1. The monoisotopic (exact) mass is 320 g/mol. The lowest BCUT2D eigenvalue weighted by Gasteiger charge is -2.30. The van der Waals surface area contributed by atoms with E-state index in [1.807, 2.05) is 18.2 Å². The molecule has 0 aromatic carbocycles. The van der Waals surface area contributed by atoms with Crippen molar-refractivity contribution in [2.45, 2.75) is 25.5 Å². The molecular weight excluding hydrogens is 296 g/mol. The van der Waals surface area contributed by atoms with Crippen molar-refractivity contribution in [3.05, 3.63) is 23.9 Å². The highest BCUT2D eigenvalue weighted by atomic mass is 16.5. The van der Waals surface area contributed by atoms with Gasteiger partial charge in [0.25, 0.3) is 0 Å². The van der Waals surface area contributed by atoms with Gasteiger partial charge in [-0.1, -0.05) is 6.07 Å². The Morgan fingerprint density at radius 2 is 2.17 bits per heavy atom. The molecule has 0 spiro atoms. The van der Waals surface area contributed by atoms with E-state index >= 15 is 0 Å². The minimum Gasteiger partial charge on any atom is -0.391 e. The molecule has 0 radical (unpaired) electrons. The number of piperidine rings is 1. The Hall–Kier alpha value is -1.86. The van der Waals surface area contributed by atoms with Gasteiger partial charge in [0.05, 0.1) is 31.6 Å². The third-order valence-electron chi connectivity index (χ3n) is 4.23. The molecule has 3 heterocycles. The minimum absolute atomic E-state index is 0.137. The fourth-order valence-corrected chi connectivity index (χ4v) is 2.95. The van der Waals surface area contributed by atoms with Gasteiger partial charge in [-0.3, -0.25) is 0 Å². The molecule has 2 fully saturated rings. The predicted octanol–water partition coefficient (Wildman–Crippen LogP) is 0.584. The molecule has 2 saturated heterocycles. The Morgan fingerprint density at radius 1 is 1.35 bits per heavy atom. The maximum absolute atomic E-state index is 12.2. The smallest absolute Gasteiger partial charge is 0.317 e. The summed E-state index contributed by atoms with van der Waals surface area (Å²) >= 11 is 0. The van der Waals surface area contributed by atoms with Crippen molar-refractivity contribution in [2.24, 2.45) is 0 Å². The molecule has 0 unspecified atom stereocenters. The number of aliphatic hydroxyl groups is 1. The van der Waals surface area contributed by atoms with Crippen LogP contribution in [-0.4, -0.2) is 66.5 Å². The number of hydrogen-bond donors (Lipinski definition) is 2. The second kappa shape index (κ2) is 7.61. The molecule has 1 atom stereocenters. The summed E-state index contributed by atoms with van der Waals surface area (Å²) in [6.07, 6.45) is 1.21. The molecule has 0 bridgehead atoms. The van der Waals surface area contributed by atoms with Crippen molar-refractivity contribution in [1.29, 1.82) is 0 Å². The Morgan fingerprint density at radius 3 is 2.96 bits per heavy atom. The molecule has 7 heteroatoms. The Labute approximate surface area is 136 Å². The standard InChI is InChI=1S/C16H24N4O3/c21-14-4-2-6-20(12-14)16(22)17-11-13-3-1-5-15(18-13)19-7-9-23-10-8-19/h1,3,5,14,21H,2,4,6-12H2,(H,17,22)/t14-/m0/s1. The minimum atomic E-state index is -0.405. The van der Waals surface area contributed by atoms with Crippen molar-refractivity contribution >= 4 is 11.8 Å². The Balaban J connectivity index is 1.54. The summed E-state index contributed by atoms with van der Waals surface area (Å²) < 4.78 is 5.35. The van der Waals surface area contributed by atoms with E-state index < -0.39 is 6.10 Å². The number of urea groups is 1. The molecular formula is C16H24N4O3. The number of nitrogens with zero attached hydrogens (tertiary/aromatic N) is 3. The van der Waals surface area contributed by atoms with Gasteiger partial charge in [0.15, 0.2) is 0 Å². The van der Waals surface area contributed by atoms with Crippen LogP contribution >= 0.6 is 0 Å². The topological polar surface area (TPSA) is 77.9 Å². The number of morpholine rings is 1. The number of hydrogen-bond acceptors (Lipinski definition) is 5. The van der Waals surface area contributed by atoms with E-state index in [9.17, 15) is 9.90 Å². The van der Waals surface area contributed by atoms with E-state index in [-0.39, 0.29) is 6.03 Å². The molecule has 126 valence electrons. The molecule has 1 aromatic heterocycles. The number of ether oxygens (including phenoxy) is 1. The van der Waals surface area contributed by atoms with Crippen molar-refractivity contribution in [2.75, 3.05) is 44.3 Å². The molecule has 7 nitrogen and oxygen atoms in total. The van der Waals surface area contributed by atoms with E-state index in [0.29, 0.717) is 19.6 Å². The van der Waals surface area contributed by atoms with Gasteiger partial charge in [0, 0.05) is 26.2 Å². The van der Waals surface area contributed by atoms with Crippen LogP contribution in [0.25, 0.3) is 0 Å². The zero-order valence-corrected chi connectivity index (χ0v) is 13.3. The SMILES string of the molecule is O=C(NCc1cccc(N2CCOCC2)n1)N1CCC[C@H](O)C1. The van der Waals surface area contributed by atoms with Crippen LogP contribution in [0.15, 0.2) is 18.2 Å². The number of nitrogens with one attached hydrogen (secondary N) is 1. The fourth-order valence-electron chi connectivity index (χ4n) is 2.95. The summed E-state index contributed by atoms with van der Waals surface area (Å²) in [4.78, 5) is 20.6. The fraction of sp³-hybridized carbons (Fsp3) is 0.625. The van der Waals surface area contributed by atoms with Crippen LogP contribution < -0.4 is 10.2 Å². The van der Waals surface area contributed by atoms with Crippen molar-refractivity contribution in [1.82, 2.24) is 15.2 Å². The average Bonchev–Trinajstić information content (AvgIpc) is 2.61. The quantitative estimate of drug-likeness (QED) is 0.852. The number of aliphatic hydroxyl groups excluding tert-OH is 1. The third kappa shape index (κ3) is 4.33. The van der Waals surface area contributed by atoms with Crippen LogP contribution in [-0.2, 0) is 11.3 Å². The lowest BCUT2D eigenvalue weighted by molar-refractivity contribution is 0.0841. The summed E-state index contributed by atoms with van der Waals surface area (Å²) in [6, 6.07) is 5.72. The van der Waals surface area contributed by atoms with Gasteiger partial charge in [-0.2, -0.15) is 0 Å². The van der Waals surface area contributed by atoms with Gasteiger partial charge < -0.3 is 25.0 Å². The number of amides is 2. The summed E-state index contributed by atoms with van der Waals surface area (Å²) in [7, 11) is 0. The maximum atomic E-state index is 12.2. The number of anilines is 1. The van der Waals surface area contributed by atoms with Gasteiger partial charge in [-0.25, -0.2) is 9.78 Å². The lowest BCUT2D eigenvalue weighted by Crippen LogP contribution is -2.46. The predicted molar refractivity (Wildman–Crippen MR) is 86.3 cm³/mol. The first-order valence-electron chi connectivity index (χ1n) is 8.22. The number of rotatable bonds is 3. The van der Waals surface area contributed by atoms with Gasteiger partial charge in [-0.05, 0) is 25.0 Å². The van der Waals surface area contributed by atoms with E-state index in [2.05, 4.69) is 15.2 Å². The van der Waals surface area contributed by atoms with E-state index in [1.165, 1.54) is 0 Å². The van der Waals surface area contributed by atoms with Crippen LogP contribution in [0.5, 0.6) is 0 Å². The molecule has 2 aliphatic rings. The lowest BCUT2D eigenvalue weighted by atomic mass is 10.1. The number of likely N-dealkylation sites (tertiary alicyclic amines) is 1. The van der Waals surface area contributed by atoms with E-state index in [0.717, 1.165) is 50.7 Å². The van der Waals surface area contributed by atoms with Crippen LogP contribution in [0.4, 0.5) is 10.6 Å². The molecule has 2 amide bonds. The van der Waals surface area contributed by atoms with Crippen LogP contribution in [0.1, 0.15) is 18.5 Å². The molecule has 2 aliphatic heterocycles. The number of carbonyl (C=O) groups is 1. The number of carbonyl (C=O) groups excluding carboxylic acids is 1. The summed E-state index contributed by atoms with van der Waals surface area (Å²) in [5.41, 5.74) is 0.833. The van der Waals surface area contributed by atoms with Crippen molar-refractivity contribution < 1.29 is 14.6 Å². The first-order valence-corrected chi connectivity index (χ1v) is 8.22. The maximum Gasteiger partial charge on any atom is 0.317 e. The van der Waals surface area contributed by atoms with E-state index in [4.69, 9.17) is 4.74 Å². The van der Waals surface area contributed by atoms with Crippen molar-refractivity contribution in [3.8, 4) is 0 Å². The van der Waals surface area contributed by atoms with Crippen LogP contribution in [0, 0.1) is 0 Å². The first-order chi connectivity index (χ1) is 11.2. The second-order valence-electron chi connectivity index (χ2n) is 5.99. The summed E-state index contributed by atoms with van der Waals surface area (Å²) in [5, 5.41) is 12.5. The van der Waals surface area contributed by atoms with Gasteiger partial charge in [0.1, 0.15) is 5.82 Å². The van der Waals surface area contributed by atoms with Gasteiger partial charge in [0.2, 0.25) is 0 Å². The average molecular weight is 320 g/mol. The molecule has 3 rings (SSSR count). The highest BCUT2D eigenvalue weighted by Crippen LogP contribution is 2.14. The zero-order valence-electron chi connectivity index (χ0n) is 13.3. The highest BCUT2D eigenvalue weighted by Gasteiger charge is 2.21. The number of pyridine rings is 1. The molecule has 1 aromatic rings. The van der Waals surface area contributed by atoms with E-state index in [1.54, 1.807) is 4.90 Å². The van der Waals surface area contributed by atoms with Crippen LogP contribution in [0.3, 0.4) is 0 Å².